The van der Waals surface area contributed by atoms with E-state index in [1.807, 2.05) is 75.3 Å². The zero-order chi connectivity index (χ0) is 28.3. The highest BCUT2D eigenvalue weighted by Crippen LogP contribution is 2.36. The minimum Gasteiger partial charge on any atom is -0.465 e. The van der Waals surface area contributed by atoms with E-state index in [0.717, 1.165) is 35.1 Å². The highest BCUT2D eigenvalue weighted by Gasteiger charge is 2.23. The molecule has 0 amide bonds. The zero-order valence-electron chi connectivity index (χ0n) is 23.1. The molecule has 0 saturated heterocycles. The van der Waals surface area contributed by atoms with Gasteiger partial charge in [-0.15, -0.1) is 0 Å². The van der Waals surface area contributed by atoms with Crippen LogP contribution in [0.2, 0.25) is 0 Å². The number of likely N-dealkylation sites (N-methyl/N-ethyl adjacent to an activating group) is 2. The topological polar surface area (TPSA) is 119 Å². The van der Waals surface area contributed by atoms with Gasteiger partial charge in [-0.1, -0.05) is 25.6 Å². The first-order chi connectivity index (χ1) is 18.6. The van der Waals surface area contributed by atoms with E-state index in [-0.39, 0.29) is 24.6 Å². The van der Waals surface area contributed by atoms with Crippen molar-refractivity contribution >= 4 is 39.9 Å². The molecule has 11 nitrogen and oxygen atoms in total. The van der Waals surface area contributed by atoms with E-state index in [2.05, 4.69) is 14.9 Å². The van der Waals surface area contributed by atoms with Crippen molar-refractivity contribution in [3.8, 4) is 11.3 Å². The molecule has 40 heavy (non-hydrogen) atoms. The van der Waals surface area contributed by atoms with Gasteiger partial charge in [-0.2, -0.15) is 0 Å². The van der Waals surface area contributed by atoms with Crippen LogP contribution in [-0.4, -0.2) is 71.7 Å². The van der Waals surface area contributed by atoms with E-state index in [0.29, 0.717) is 23.6 Å². The van der Waals surface area contributed by atoms with Crippen LogP contribution in [0.1, 0.15) is 30.3 Å². The Hall–Kier alpha value is -4.51. The quantitative estimate of drug-likeness (QED) is 0.156. The molecule has 0 fully saturated rings. The number of carbonyl (C=O) groups excluding carboxylic acids is 1. The van der Waals surface area contributed by atoms with Crippen molar-refractivity contribution in [3.05, 3.63) is 70.0 Å². The first-order valence-electron chi connectivity index (χ1n) is 12.6. The minimum absolute atomic E-state index is 0. The predicted octanol–water partition coefficient (Wildman–Crippen LogP) is 5.50. The number of hydrogen-bond donors (Lipinski definition) is 1. The number of anilines is 3. The lowest BCUT2D eigenvalue weighted by Crippen LogP contribution is -2.29. The number of aromatic nitrogens is 3. The van der Waals surface area contributed by atoms with E-state index in [1.54, 1.807) is 6.07 Å². The molecular formula is C29H37N7O4. The molecule has 0 aliphatic rings. The van der Waals surface area contributed by atoms with E-state index < -0.39 is 10.9 Å². The van der Waals surface area contributed by atoms with Gasteiger partial charge in [0.15, 0.2) is 0 Å². The Labute approximate surface area is 234 Å². The molecule has 2 aromatic heterocycles. The van der Waals surface area contributed by atoms with Gasteiger partial charge in [0.25, 0.3) is 5.69 Å². The average Bonchev–Trinajstić information content (AvgIpc) is 3.30. The molecule has 0 radical (unpaired) electrons. The molecule has 0 bridgehead atoms. The Morgan fingerprint density at radius 2 is 1.90 bits per heavy atom. The summed E-state index contributed by atoms with van der Waals surface area (Å²) in [5.41, 5.74) is 4.20. The van der Waals surface area contributed by atoms with Gasteiger partial charge in [-0.05, 0) is 45.6 Å². The molecule has 0 atom stereocenters. The van der Waals surface area contributed by atoms with Gasteiger partial charge in [0.2, 0.25) is 5.95 Å². The summed E-state index contributed by atoms with van der Waals surface area (Å²) in [5, 5.41) is 16.1. The van der Waals surface area contributed by atoms with Crippen LogP contribution in [0.4, 0.5) is 23.0 Å². The van der Waals surface area contributed by atoms with E-state index in [9.17, 15) is 14.9 Å². The van der Waals surface area contributed by atoms with E-state index in [4.69, 9.17) is 9.72 Å². The molecule has 4 rings (SSSR count). The number of esters is 1. The van der Waals surface area contributed by atoms with Crippen molar-refractivity contribution in [2.24, 2.45) is 0 Å². The van der Waals surface area contributed by atoms with Gasteiger partial charge < -0.3 is 24.4 Å². The van der Waals surface area contributed by atoms with E-state index >= 15 is 0 Å². The summed E-state index contributed by atoms with van der Waals surface area (Å²) < 4.78 is 7.09. The molecule has 0 aliphatic heterocycles. The van der Waals surface area contributed by atoms with Gasteiger partial charge in [0.05, 0.1) is 23.4 Å². The number of nitrogens with one attached hydrogen (secondary N) is 1. The monoisotopic (exact) mass is 547 g/mol. The molecular weight excluding hydrogens is 510 g/mol. The number of para-hydroxylation sites is 1. The summed E-state index contributed by atoms with van der Waals surface area (Å²) in [6, 6.07) is 11.2. The van der Waals surface area contributed by atoms with Crippen LogP contribution in [-0.2, 0) is 11.3 Å². The second kappa shape index (κ2) is 12.6. The SMILES string of the molecule is C.CCn1cc(-c2nc(Nc3cc([N+](=O)[O-])c(N(C)CCN(C)C)cc3C)ncc2C(=O)OC)c2ccccc21. The molecule has 0 aliphatic carbocycles. The van der Waals surface area contributed by atoms with Crippen molar-refractivity contribution in [1.82, 2.24) is 19.4 Å². The summed E-state index contributed by atoms with van der Waals surface area (Å²) in [5.74, 6) is -0.348. The number of hydrogen-bond acceptors (Lipinski definition) is 9. The Kier molecular flexibility index (Phi) is 9.43. The number of fused-ring (bicyclic) bond motifs is 1. The van der Waals surface area contributed by atoms with Gasteiger partial charge in [0.1, 0.15) is 11.3 Å². The van der Waals surface area contributed by atoms with Gasteiger partial charge in [0, 0.05) is 61.6 Å². The standard InChI is InChI=1S/C28H33N7O4.CH4/c1-7-34-17-21(19-10-8-9-11-23(19)34)26-20(27(36)39-6)16-29-28(31-26)30-22-15-25(35(37)38)24(14-18(22)2)33(5)13-12-32(3)4;/h8-11,14-17H,7,12-13H2,1-6H3,(H,29,30,31);1H4. The van der Waals surface area contributed by atoms with Crippen LogP contribution < -0.4 is 10.2 Å². The maximum Gasteiger partial charge on any atom is 0.341 e. The van der Waals surface area contributed by atoms with Crippen LogP contribution in [0, 0.1) is 17.0 Å². The summed E-state index contributed by atoms with van der Waals surface area (Å²) in [6.45, 7) is 6.04. The van der Waals surface area contributed by atoms with Crippen LogP contribution >= 0.6 is 0 Å². The first kappa shape index (κ1) is 30.0. The zero-order valence-corrected chi connectivity index (χ0v) is 23.1. The van der Waals surface area contributed by atoms with Crippen molar-refractivity contribution in [3.63, 3.8) is 0 Å². The van der Waals surface area contributed by atoms with Crippen molar-refractivity contribution < 1.29 is 14.5 Å². The number of benzene rings is 2. The molecule has 0 spiro atoms. The molecule has 1 N–H and O–H groups in total. The minimum atomic E-state index is -0.554. The Balaban J connectivity index is 0.00000441. The molecule has 11 heteroatoms. The lowest BCUT2D eigenvalue weighted by molar-refractivity contribution is -0.384. The number of nitro groups is 1. The number of aryl methyl sites for hydroxylation is 2. The second-order valence-electron chi connectivity index (χ2n) is 9.56. The Bertz CT molecular complexity index is 1530. The number of rotatable bonds is 10. The third kappa shape index (κ3) is 6.04. The first-order valence-corrected chi connectivity index (χ1v) is 12.6. The number of nitro benzene ring substituents is 1. The molecule has 212 valence electrons. The Morgan fingerprint density at radius 3 is 2.55 bits per heavy atom. The number of methoxy groups -OCH3 is 1. The fraction of sp³-hybridized carbons (Fsp3) is 0.345. The van der Waals surface area contributed by atoms with Gasteiger partial charge >= 0.3 is 5.97 Å². The molecule has 0 saturated carbocycles. The van der Waals surface area contributed by atoms with Crippen molar-refractivity contribution in [2.75, 3.05) is 51.6 Å². The smallest absolute Gasteiger partial charge is 0.341 e. The van der Waals surface area contributed by atoms with Gasteiger partial charge in [-0.25, -0.2) is 14.8 Å². The predicted molar refractivity (Wildman–Crippen MR) is 160 cm³/mol. The molecule has 0 unspecified atom stereocenters. The van der Waals surface area contributed by atoms with Gasteiger partial charge in [-0.3, -0.25) is 10.1 Å². The fourth-order valence-corrected chi connectivity index (χ4v) is 4.46. The number of carbonyl (C=O) groups is 1. The van der Waals surface area contributed by atoms with Crippen molar-refractivity contribution in [2.45, 2.75) is 27.8 Å². The molecule has 4 aromatic rings. The van der Waals surface area contributed by atoms with Crippen LogP contribution in [0.15, 0.2) is 48.8 Å². The summed E-state index contributed by atoms with van der Waals surface area (Å²) in [6.07, 6.45) is 3.37. The number of nitrogens with zero attached hydrogens (tertiary/aromatic N) is 6. The summed E-state index contributed by atoms with van der Waals surface area (Å²) in [4.78, 5) is 37.2. The van der Waals surface area contributed by atoms with Crippen LogP contribution in [0.25, 0.3) is 22.2 Å². The van der Waals surface area contributed by atoms with Crippen molar-refractivity contribution in [1.29, 1.82) is 0 Å². The van der Waals surface area contributed by atoms with E-state index in [1.165, 1.54) is 19.4 Å². The maximum atomic E-state index is 12.6. The highest BCUT2D eigenvalue weighted by atomic mass is 16.6. The summed E-state index contributed by atoms with van der Waals surface area (Å²) in [7, 11) is 7.07. The Morgan fingerprint density at radius 1 is 1.18 bits per heavy atom. The third-order valence-electron chi connectivity index (χ3n) is 6.64. The lowest BCUT2D eigenvalue weighted by Gasteiger charge is -2.22. The second-order valence-corrected chi connectivity index (χ2v) is 9.56. The normalized spacial score (nSPS) is 10.9. The van der Waals surface area contributed by atoms with Crippen LogP contribution in [0.5, 0.6) is 0 Å². The average molecular weight is 548 g/mol. The summed E-state index contributed by atoms with van der Waals surface area (Å²) >= 11 is 0. The number of ether oxygens (including phenoxy) is 1. The largest absolute Gasteiger partial charge is 0.465 e. The highest BCUT2D eigenvalue weighted by molar-refractivity contribution is 6.03. The molecule has 2 heterocycles. The third-order valence-corrected chi connectivity index (χ3v) is 6.64. The fourth-order valence-electron chi connectivity index (χ4n) is 4.46. The maximum absolute atomic E-state index is 12.6. The molecule has 2 aromatic carbocycles. The van der Waals surface area contributed by atoms with Crippen LogP contribution in [0.3, 0.4) is 0 Å². The lowest BCUT2D eigenvalue weighted by atomic mass is 10.1.